The Morgan fingerprint density at radius 1 is 1.28 bits per heavy atom. The maximum Gasteiger partial charge on any atom is 0.392 e. The molecule has 0 saturated carbocycles. The second-order valence-corrected chi connectivity index (χ2v) is 7.15. The van der Waals surface area contributed by atoms with E-state index in [-0.39, 0.29) is 33.7 Å². The first-order chi connectivity index (χ1) is 15.2. The van der Waals surface area contributed by atoms with Crippen molar-refractivity contribution in [1.29, 1.82) is 0 Å². The summed E-state index contributed by atoms with van der Waals surface area (Å²) in [6.45, 7) is 1.70. The summed E-state index contributed by atoms with van der Waals surface area (Å²) >= 11 is 12.1. The number of rotatable bonds is 6. The predicted octanol–water partition coefficient (Wildman–Crippen LogP) is 4.09. The van der Waals surface area contributed by atoms with Gasteiger partial charge in [-0.25, -0.2) is 9.78 Å². The van der Waals surface area contributed by atoms with Crippen LogP contribution in [0.15, 0.2) is 53.3 Å². The van der Waals surface area contributed by atoms with Crippen LogP contribution >= 0.6 is 23.2 Å². The minimum absolute atomic E-state index is 0.0948. The molecule has 1 aliphatic heterocycles. The van der Waals surface area contributed by atoms with Crippen LogP contribution in [0.5, 0.6) is 0 Å². The minimum Gasteiger partial charge on any atom is -0.306 e. The fourth-order valence-electron chi connectivity index (χ4n) is 2.88. The second kappa shape index (κ2) is 10.0. The molecule has 2 amide bonds. The van der Waals surface area contributed by atoms with Gasteiger partial charge in [-0.1, -0.05) is 17.7 Å². The van der Waals surface area contributed by atoms with Crippen LogP contribution in [0.4, 0.5) is 23.7 Å². The average Bonchev–Trinajstić information content (AvgIpc) is 3.24. The zero-order valence-electron chi connectivity index (χ0n) is 16.5. The van der Waals surface area contributed by atoms with Crippen LogP contribution in [0.25, 0.3) is 5.82 Å². The summed E-state index contributed by atoms with van der Waals surface area (Å²) in [5.74, 6) is 0.0775. The molecule has 2 aromatic heterocycles. The summed E-state index contributed by atoms with van der Waals surface area (Å²) in [6.07, 6.45) is 2.68. The molecule has 0 spiro atoms. The van der Waals surface area contributed by atoms with Gasteiger partial charge in [0.25, 0.3) is 0 Å². The first-order valence-electron chi connectivity index (χ1n) is 9.13. The first-order valence-corrected chi connectivity index (χ1v) is 10.0. The van der Waals surface area contributed by atoms with E-state index in [1.807, 2.05) is 0 Å². The smallest absolute Gasteiger partial charge is 0.306 e. The van der Waals surface area contributed by atoms with Gasteiger partial charge in [0.05, 0.1) is 53.7 Å². The Hall–Kier alpha value is -3.12. The lowest BCUT2D eigenvalue weighted by atomic mass is 10.0. The minimum atomic E-state index is -4.51. The Labute approximate surface area is 190 Å². The number of carbonyl (C=O) groups excluding carboxylic acids is 1. The molecule has 2 N–H and O–H groups in total. The number of nitrogens with one attached hydrogen (secondary N) is 2. The number of urea groups is 1. The number of hydrazone groups is 1. The van der Waals surface area contributed by atoms with Crippen LogP contribution in [0, 0.1) is 0 Å². The monoisotopic (exact) mass is 488 g/mol. The van der Waals surface area contributed by atoms with E-state index in [0.29, 0.717) is 0 Å². The van der Waals surface area contributed by atoms with Crippen LogP contribution in [-0.4, -0.2) is 55.3 Å². The molecule has 9 nitrogen and oxygen atoms in total. The number of hydrogen-bond acceptors (Lipinski definition) is 6. The van der Waals surface area contributed by atoms with Gasteiger partial charge in [-0.15, -0.1) is 16.4 Å². The zero-order valence-corrected chi connectivity index (χ0v) is 18.0. The number of aromatic nitrogens is 4. The summed E-state index contributed by atoms with van der Waals surface area (Å²) in [5, 5.41) is 18.2. The van der Waals surface area contributed by atoms with Crippen molar-refractivity contribution in [3.8, 4) is 5.82 Å². The van der Waals surface area contributed by atoms with Crippen molar-refractivity contribution < 1.29 is 18.0 Å². The van der Waals surface area contributed by atoms with Gasteiger partial charge in [0.15, 0.2) is 5.82 Å². The van der Waals surface area contributed by atoms with E-state index in [1.165, 1.54) is 40.7 Å². The normalized spacial score (nSPS) is 16.7. The summed E-state index contributed by atoms with van der Waals surface area (Å²) in [5.41, 5.74) is -0.00628. The molecule has 170 valence electrons. The lowest BCUT2D eigenvalue weighted by molar-refractivity contribution is -0.128. The molecule has 14 heteroatoms. The lowest BCUT2D eigenvalue weighted by Gasteiger charge is -2.32. The topological polar surface area (TPSA) is 100 Å². The van der Waals surface area contributed by atoms with Gasteiger partial charge in [0.1, 0.15) is 0 Å². The van der Waals surface area contributed by atoms with Crippen molar-refractivity contribution in [2.45, 2.75) is 25.6 Å². The van der Waals surface area contributed by atoms with Gasteiger partial charge in [-0.05, 0) is 18.6 Å². The van der Waals surface area contributed by atoms with Crippen molar-refractivity contribution >= 4 is 41.1 Å². The maximum atomic E-state index is 13.2. The second-order valence-electron chi connectivity index (χ2n) is 6.44. The molecule has 1 atom stereocenters. The van der Waals surface area contributed by atoms with Gasteiger partial charge in [0, 0.05) is 12.1 Å². The number of allylic oxidation sites excluding steroid dienone is 2. The molecule has 1 unspecified atom stereocenters. The van der Waals surface area contributed by atoms with E-state index < -0.39 is 24.7 Å². The highest BCUT2D eigenvalue weighted by Gasteiger charge is 2.36. The summed E-state index contributed by atoms with van der Waals surface area (Å²) in [7, 11) is 0. The Bertz CT molecular complexity index is 1050. The molecular formula is C18H17Cl2F3N8O. The fourth-order valence-corrected chi connectivity index (χ4v) is 3.45. The fraction of sp³-hybridized carbons (Fsp3) is 0.278. The number of carbonyl (C=O) groups is 1. The number of hydrogen-bond donors (Lipinski definition) is 2. The number of halogens is 5. The van der Waals surface area contributed by atoms with Gasteiger partial charge in [-0.2, -0.15) is 28.5 Å². The quantitative estimate of drug-likeness (QED) is 0.596. The third kappa shape index (κ3) is 5.77. The van der Waals surface area contributed by atoms with Gasteiger partial charge < -0.3 is 10.6 Å². The van der Waals surface area contributed by atoms with Crippen LogP contribution in [-0.2, 0) is 0 Å². The molecule has 0 fully saturated rings. The molecule has 32 heavy (non-hydrogen) atoms. The van der Waals surface area contributed by atoms with E-state index in [1.54, 1.807) is 13.0 Å². The summed E-state index contributed by atoms with van der Waals surface area (Å²) < 4.78 is 39.6. The third-order valence-electron chi connectivity index (χ3n) is 4.16. The largest absolute Gasteiger partial charge is 0.392 e. The lowest BCUT2D eigenvalue weighted by Crippen LogP contribution is -2.40. The highest BCUT2D eigenvalue weighted by molar-refractivity contribution is 6.32. The van der Waals surface area contributed by atoms with E-state index in [4.69, 9.17) is 23.2 Å². The average molecular weight is 489 g/mol. The van der Waals surface area contributed by atoms with Gasteiger partial charge >= 0.3 is 12.2 Å². The number of nitrogens with zero attached hydrogens (tertiary/aromatic N) is 6. The molecule has 3 heterocycles. The van der Waals surface area contributed by atoms with Gasteiger partial charge in [-0.3, -0.25) is 5.01 Å². The molecular weight excluding hydrogens is 472 g/mol. The summed E-state index contributed by atoms with van der Waals surface area (Å²) in [4.78, 5) is 17.7. The molecule has 0 saturated heterocycles. The van der Waals surface area contributed by atoms with Gasteiger partial charge in [0.2, 0.25) is 0 Å². The third-order valence-corrected chi connectivity index (χ3v) is 4.73. The highest BCUT2D eigenvalue weighted by Crippen LogP contribution is 2.32. The van der Waals surface area contributed by atoms with Crippen LogP contribution < -0.4 is 10.6 Å². The number of alkyl halides is 4. The van der Waals surface area contributed by atoms with Crippen molar-refractivity contribution in [3.63, 3.8) is 0 Å². The van der Waals surface area contributed by atoms with E-state index in [9.17, 15) is 18.0 Å². The van der Waals surface area contributed by atoms with Crippen LogP contribution in [0.2, 0.25) is 5.02 Å². The Balaban J connectivity index is 1.80. The standard InChI is InChI=1S/C18H17Cl2F3N8O/c1-2-5-30-15(8-19)12(7-18(21,22)23)14(10-27-30)29-17(32)28-11-6-13(20)16(24-9-11)31-25-3-4-26-31/h2-6,9-10,15H,7-8H2,1H3,(H2,28,29,32)/b5-2-. The molecule has 0 bridgehead atoms. The Morgan fingerprint density at radius 2 is 2.00 bits per heavy atom. The van der Waals surface area contributed by atoms with Crippen molar-refractivity contribution in [1.82, 2.24) is 30.3 Å². The van der Waals surface area contributed by atoms with Crippen molar-refractivity contribution in [3.05, 3.63) is 53.2 Å². The van der Waals surface area contributed by atoms with E-state index >= 15 is 0 Å². The number of pyridine rings is 1. The number of amides is 2. The van der Waals surface area contributed by atoms with Crippen molar-refractivity contribution in [2.75, 3.05) is 11.2 Å². The number of anilines is 1. The predicted molar refractivity (Wildman–Crippen MR) is 114 cm³/mol. The zero-order chi connectivity index (χ0) is 23.3. The first kappa shape index (κ1) is 23.5. The van der Waals surface area contributed by atoms with E-state index in [2.05, 4.69) is 30.9 Å². The summed E-state index contributed by atoms with van der Waals surface area (Å²) in [6, 6.07) is -0.282. The Kier molecular flexibility index (Phi) is 7.36. The van der Waals surface area contributed by atoms with Crippen LogP contribution in [0.1, 0.15) is 13.3 Å². The molecule has 1 aliphatic rings. The van der Waals surface area contributed by atoms with E-state index in [0.717, 1.165) is 6.21 Å². The van der Waals surface area contributed by atoms with Crippen LogP contribution in [0.3, 0.4) is 0 Å². The molecule has 0 aromatic carbocycles. The van der Waals surface area contributed by atoms with Crippen molar-refractivity contribution in [2.24, 2.45) is 5.10 Å². The Morgan fingerprint density at radius 3 is 2.59 bits per heavy atom. The molecule has 0 aliphatic carbocycles. The SMILES string of the molecule is C/C=C\N1N=CC(NC(=O)Nc2cnc(-n3nccn3)c(Cl)c2)=C(CC(F)(F)F)C1CCl. The highest BCUT2D eigenvalue weighted by atomic mass is 35.5. The molecule has 0 radical (unpaired) electrons. The molecule has 2 aromatic rings. The molecule has 3 rings (SSSR count). The maximum absolute atomic E-state index is 13.2.